The molecule has 0 saturated carbocycles. The van der Waals surface area contributed by atoms with Crippen LogP contribution in [0.25, 0.3) is 0 Å². The summed E-state index contributed by atoms with van der Waals surface area (Å²) in [4.78, 5) is 57.6. The molecule has 7 aliphatic heterocycles. The Bertz CT molecular complexity index is 1690. The molecular formula is C40H50N2O11. The topological polar surface area (TPSA) is 154 Å². The largest absolute Gasteiger partial charge is 0.491 e. The third kappa shape index (κ3) is 6.67. The lowest BCUT2D eigenvalue weighted by molar-refractivity contribution is -0.149. The predicted octanol–water partition coefficient (Wildman–Crippen LogP) is 2.23. The first-order valence-electron chi connectivity index (χ1n) is 18.9. The van der Waals surface area contributed by atoms with Crippen molar-refractivity contribution in [1.82, 2.24) is 9.80 Å². The lowest BCUT2D eigenvalue weighted by Gasteiger charge is -2.34. The van der Waals surface area contributed by atoms with Crippen molar-refractivity contribution in [3.8, 4) is 5.75 Å². The van der Waals surface area contributed by atoms with Crippen molar-refractivity contribution < 1.29 is 52.7 Å². The summed E-state index contributed by atoms with van der Waals surface area (Å²) < 4.78 is 35.0. The van der Waals surface area contributed by atoms with Gasteiger partial charge in [-0.25, -0.2) is 0 Å². The third-order valence-electron chi connectivity index (χ3n) is 12.0. The number of fused-ring (bicyclic) bond motifs is 10. The first-order chi connectivity index (χ1) is 25.3. The number of epoxide rings is 1. The second-order valence-corrected chi connectivity index (χ2v) is 16.9. The SMILES string of the molecule is Cc1ccc(OCC(O)COCC23C=CC(O2)C2C(=O)N(CC(C)(C)CC(C)CCN4C(=O)C5C6C=CC(COCC7CO7)(O6)C5C4=O)C(=O)C23)cc1. The Kier molecular flexibility index (Phi) is 9.43. The second kappa shape index (κ2) is 13.7. The lowest BCUT2D eigenvalue weighted by Crippen LogP contribution is -2.46. The number of amides is 4. The summed E-state index contributed by atoms with van der Waals surface area (Å²) >= 11 is 0. The highest BCUT2D eigenvalue weighted by atomic mass is 16.6. The number of benzene rings is 1. The minimum absolute atomic E-state index is 0.0175. The second-order valence-electron chi connectivity index (χ2n) is 16.9. The minimum atomic E-state index is -1.07. The zero-order valence-electron chi connectivity index (χ0n) is 30.8. The van der Waals surface area contributed by atoms with Crippen molar-refractivity contribution >= 4 is 23.6 Å². The van der Waals surface area contributed by atoms with Gasteiger partial charge in [0.05, 0.1) is 68.9 Å². The van der Waals surface area contributed by atoms with Crippen LogP contribution in [0.15, 0.2) is 48.6 Å². The van der Waals surface area contributed by atoms with E-state index in [0.717, 1.165) is 5.56 Å². The van der Waals surface area contributed by atoms with E-state index in [1.54, 1.807) is 0 Å². The number of hydrogen-bond acceptors (Lipinski definition) is 11. The number of nitrogens with zero attached hydrogens (tertiary/aromatic N) is 2. The van der Waals surface area contributed by atoms with Gasteiger partial charge < -0.3 is 33.5 Å². The summed E-state index contributed by atoms with van der Waals surface area (Å²) in [5.74, 6) is -2.60. The van der Waals surface area contributed by atoms with Gasteiger partial charge in [-0.2, -0.15) is 0 Å². The molecule has 1 aromatic carbocycles. The van der Waals surface area contributed by atoms with Crippen molar-refractivity contribution in [2.24, 2.45) is 35.0 Å². The van der Waals surface area contributed by atoms with Gasteiger partial charge in [0.1, 0.15) is 35.8 Å². The smallest absolute Gasteiger partial charge is 0.236 e. The van der Waals surface area contributed by atoms with Crippen LogP contribution >= 0.6 is 0 Å². The van der Waals surface area contributed by atoms with Crippen LogP contribution in [0.2, 0.25) is 0 Å². The molecule has 4 amide bonds. The zero-order chi connectivity index (χ0) is 37.3. The fourth-order valence-corrected chi connectivity index (χ4v) is 9.46. The molecule has 7 heterocycles. The number of hydrogen-bond donors (Lipinski definition) is 1. The molecule has 13 heteroatoms. The van der Waals surface area contributed by atoms with Crippen molar-refractivity contribution in [2.75, 3.05) is 52.7 Å². The Hall–Kier alpha value is -3.46. The van der Waals surface area contributed by atoms with E-state index in [4.69, 9.17) is 28.4 Å². The standard InChI is InChI=1S/C40H50N2O11/c1-23-5-7-26(8-6-23)50-17-25(43)16-48-21-39-12-10-29(53-39)31-33(39)37(47)42(35(31)45)20-38(3,4)15-24(2)11-14-41-34(44)30-28-9-13-40(52-28,32(30)36(41)46)22-49-18-27-19-51-27/h5-10,12-13,24-25,27-33,43H,11,14-22H2,1-4H3. The van der Waals surface area contributed by atoms with E-state index >= 15 is 0 Å². The Morgan fingerprint density at radius 1 is 0.868 bits per heavy atom. The maximum atomic E-state index is 13.9. The number of carbonyl (C=O) groups is 4. The lowest BCUT2D eigenvalue weighted by atomic mass is 9.77. The van der Waals surface area contributed by atoms with Crippen LogP contribution in [0.4, 0.5) is 0 Å². The van der Waals surface area contributed by atoms with Gasteiger partial charge >= 0.3 is 0 Å². The van der Waals surface area contributed by atoms with E-state index in [1.165, 1.54) is 9.80 Å². The van der Waals surface area contributed by atoms with E-state index in [-0.39, 0.29) is 68.6 Å². The maximum Gasteiger partial charge on any atom is 0.236 e. The molecule has 53 heavy (non-hydrogen) atoms. The fraction of sp³-hybridized carbons (Fsp3) is 0.650. The van der Waals surface area contributed by atoms with Crippen LogP contribution in [0.5, 0.6) is 5.75 Å². The predicted molar refractivity (Wildman–Crippen MR) is 187 cm³/mol. The van der Waals surface area contributed by atoms with Crippen LogP contribution in [-0.4, -0.2) is 127 Å². The molecule has 8 rings (SSSR count). The molecule has 1 aromatic rings. The molecule has 286 valence electrons. The zero-order valence-corrected chi connectivity index (χ0v) is 30.8. The van der Waals surface area contributed by atoms with E-state index in [1.807, 2.05) is 69.3 Å². The Labute approximate surface area is 309 Å². The van der Waals surface area contributed by atoms with Gasteiger partial charge in [0, 0.05) is 13.1 Å². The Morgan fingerprint density at radius 2 is 1.45 bits per heavy atom. The van der Waals surface area contributed by atoms with E-state index in [2.05, 4.69) is 6.92 Å². The molecule has 11 unspecified atom stereocenters. The summed E-state index contributed by atoms with van der Waals surface area (Å²) in [5, 5.41) is 10.5. The van der Waals surface area contributed by atoms with Crippen LogP contribution in [0.3, 0.4) is 0 Å². The highest BCUT2D eigenvalue weighted by Gasteiger charge is 2.69. The Balaban J connectivity index is 0.824. The van der Waals surface area contributed by atoms with E-state index in [9.17, 15) is 24.3 Å². The normalized spacial score (nSPS) is 35.9. The third-order valence-corrected chi connectivity index (χ3v) is 12.0. The minimum Gasteiger partial charge on any atom is -0.491 e. The van der Waals surface area contributed by atoms with E-state index < -0.39 is 58.6 Å². The molecule has 0 radical (unpaired) electrons. The van der Waals surface area contributed by atoms with Crippen LogP contribution in [-0.2, 0) is 42.9 Å². The quantitative estimate of drug-likeness (QED) is 0.134. The molecule has 0 spiro atoms. The molecule has 5 fully saturated rings. The highest BCUT2D eigenvalue weighted by Crippen LogP contribution is 2.53. The van der Waals surface area contributed by atoms with Crippen molar-refractivity contribution in [3.05, 3.63) is 54.1 Å². The average molecular weight is 735 g/mol. The van der Waals surface area contributed by atoms with E-state index in [0.29, 0.717) is 38.3 Å². The summed E-state index contributed by atoms with van der Waals surface area (Å²) in [6.07, 6.45) is 6.97. The fourth-order valence-electron chi connectivity index (χ4n) is 9.46. The number of rotatable bonds is 18. The van der Waals surface area contributed by atoms with Gasteiger partial charge in [-0.15, -0.1) is 0 Å². The molecular weight excluding hydrogens is 684 g/mol. The van der Waals surface area contributed by atoms with Gasteiger partial charge in [-0.05, 0) is 43.2 Å². The number of carbonyl (C=O) groups excluding carboxylic acids is 4. The summed E-state index contributed by atoms with van der Waals surface area (Å²) in [5.41, 5.74) is -1.31. The van der Waals surface area contributed by atoms with Crippen molar-refractivity contribution in [2.45, 2.75) is 76.2 Å². The van der Waals surface area contributed by atoms with Gasteiger partial charge in [0.2, 0.25) is 23.6 Å². The van der Waals surface area contributed by atoms with Crippen molar-refractivity contribution in [3.63, 3.8) is 0 Å². The number of aliphatic hydroxyl groups excluding tert-OH is 1. The molecule has 7 aliphatic rings. The molecule has 13 nitrogen and oxygen atoms in total. The van der Waals surface area contributed by atoms with Crippen LogP contribution in [0, 0.1) is 41.9 Å². The summed E-state index contributed by atoms with van der Waals surface area (Å²) in [6, 6.07) is 7.54. The van der Waals surface area contributed by atoms with Gasteiger partial charge in [0.25, 0.3) is 0 Å². The Morgan fingerprint density at radius 3 is 2.08 bits per heavy atom. The summed E-state index contributed by atoms with van der Waals surface area (Å²) in [7, 11) is 0. The maximum absolute atomic E-state index is 13.9. The summed E-state index contributed by atoms with van der Waals surface area (Å²) in [6.45, 7) is 10.0. The number of likely N-dealkylation sites (tertiary alicyclic amines) is 2. The average Bonchev–Trinajstić information content (AvgIpc) is 3.42. The molecule has 0 aliphatic carbocycles. The molecule has 0 aromatic heterocycles. The number of aryl methyl sites for hydroxylation is 1. The molecule has 1 N–H and O–H groups in total. The highest BCUT2D eigenvalue weighted by molar-refractivity contribution is 6.08. The molecule has 11 atom stereocenters. The monoisotopic (exact) mass is 734 g/mol. The van der Waals surface area contributed by atoms with Gasteiger partial charge in [-0.3, -0.25) is 29.0 Å². The first kappa shape index (κ1) is 36.5. The van der Waals surface area contributed by atoms with Gasteiger partial charge in [-0.1, -0.05) is 62.8 Å². The molecule has 5 saturated heterocycles. The van der Waals surface area contributed by atoms with Crippen molar-refractivity contribution in [1.29, 1.82) is 0 Å². The first-order valence-corrected chi connectivity index (χ1v) is 18.9. The number of imide groups is 2. The van der Waals surface area contributed by atoms with Gasteiger partial charge in [0.15, 0.2) is 0 Å². The van der Waals surface area contributed by atoms with Crippen LogP contribution < -0.4 is 4.74 Å². The number of ether oxygens (including phenoxy) is 6. The van der Waals surface area contributed by atoms with Crippen LogP contribution in [0.1, 0.15) is 39.2 Å². The molecule has 4 bridgehead atoms. The number of aliphatic hydroxyl groups is 1.